The van der Waals surface area contributed by atoms with E-state index in [1.165, 1.54) is 6.26 Å². The van der Waals surface area contributed by atoms with Crippen LogP contribution in [0.5, 0.6) is 0 Å². The summed E-state index contributed by atoms with van der Waals surface area (Å²) in [5.74, 6) is 0.705. The Morgan fingerprint density at radius 2 is 2.04 bits per heavy atom. The van der Waals surface area contributed by atoms with E-state index in [1.807, 2.05) is 26.0 Å². The first-order valence-corrected chi connectivity index (χ1v) is 10.7. The van der Waals surface area contributed by atoms with Crippen LogP contribution in [0, 0.1) is 13.8 Å². The van der Waals surface area contributed by atoms with E-state index in [0.29, 0.717) is 17.4 Å². The van der Waals surface area contributed by atoms with Crippen molar-refractivity contribution in [1.82, 2.24) is 15.6 Å². The number of rotatable bonds is 6. The summed E-state index contributed by atoms with van der Waals surface area (Å²) in [6, 6.07) is 5.36. The second-order valence-electron chi connectivity index (χ2n) is 5.83. The second-order valence-corrected chi connectivity index (χ2v) is 8.88. The van der Waals surface area contributed by atoms with Crippen LogP contribution in [0.25, 0.3) is 0 Å². The zero-order chi connectivity index (χ0) is 18.4. The lowest BCUT2D eigenvalue weighted by Crippen LogP contribution is -2.37. The molecule has 2 N–H and O–H groups in total. The Kier molecular flexibility index (Phi) is 6.55. The van der Waals surface area contributed by atoms with Crippen LogP contribution in [-0.4, -0.2) is 39.2 Å². The van der Waals surface area contributed by atoms with Gasteiger partial charge < -0.3 is 10.6 Å². The second kappa shape index (κ2) is 8.44. The van der Waals surface area contributed by atoms with Gasteiger partial charge in [0.05, 0.1) is 15.6 Å². The number of benzene rings is 1. The minimum absolute atomic E-state index is 0.373. The molecule has 6 nitrogen and oxygen atoms in total. The molecule has 1 heterocycles. The molecular formula is C17H24N4O2S2. The number of nitrogens with zero attached hydrogens (tertiary/aromatic N) is 2. The summed E-state index contributed by atoms with van der Waals surface area (Å²) in [5.41, 5.74) is 2.84. The monoisotopic (exact) mass is 380 g/mol. The lowest BCUT2D eigenvalue weighted by molar-refractivity contribution is 0.601. The number of aromatic nitrogens is 1. The van der Waals surface area contributed by atoms with E-state index in [4.69, 9.17) is 0 Å². The van der Waals surface area contributed by atoms with Crippen molar-refractivity contribution in [3.05, 3.63) is 45.4 Å². The molecule has 0 amide bonds. The molecular weight excluding hydrogens is 356 g/mol. The third kappa shape index (κ3) is 5.82. The number of sulfone groups is 1. The summed E-state index contributed by atoms with van der Waals surface area (Å²) in [4.78, 5) is 9.01. The van der Waals surface area contributed by atoms with Gasteiger partial charge in [-0.05, 0) is 31.0 Å². The van der Waals surface area contributed by atoms with Crippen molar-refractivity contribution in [2.45, 2.75) is 31.7 Å². The first-order chi connectivity index (χ1) is 11.8. The Bertz CT molecular complexity index is 857. The fourth-order valence-electron chi connectivity index (χ4n) is 2.48. The summed E-state index contributed by atoms with van der Waals surface area (Å²) in [7, 11) is -1.46. The van der Waals surface area contributed by atoms with Crippen molar-refractivity contribution in [1.29, 1.82) is 0 Å². The van der Waals surface area contributed by atoms with Gasteiger partial charge in [0.25, 0.3) is 0 Å². The van der Waals surface area contributed by atoms with E-state index in [9.17, 15) is 8.42 Å². The van der Waals surface area contributed by atoms with Crippen molar-refractivity contribution < 1.29 is 8.42 Å². The third-order valence-corrected chi connectivity index (χ3v) is 5.74. The van der Waals surface area contributed by atoms with Gasteiger partial charge >= 0.3 is 0 Å². The summed E-state index contributed by atoms with van der Waals surface area (Å²) in [5, 5.41) is 9.63. The molecule has 0 unspecified atom stereocenters. The van der Waals surface area contributed by atoms with Crippen LogP contribution in [0.4, 0.5) is 0 Å². The van der Waals surface area contributed by atoms with E-state index in [-0.39, 0.29) is 0 Å². The molecule has 0 saturated heterocycles. The molecule has 0 atom stereocenters. The molecule has 25 heavy (non-hydrogen) atoms. The first kappa shape index (κ1) is 19.4. The third-order valence-electron chi connectivity index (χ3n) is 3.66. The van der Waals surface area contributed by atoms with Crippen LogP contribution in [0.2, 0.25) is 0 Å². The van der Waals surface area contributed by atoms with E-state index in [1.54, 1.807) is 24.5 Å². The fourth-order valence-corrected chi connectivity index (χ4v) is 4.08. The van der Waals surface area contributed by atoms with Gasteiger partial charge in [0.2, 0.25) is 0 Å². The number of guanidine groups is 1. The highest BCUT2D eigenvalue weighted by Gasteiger charge is 2.11. The van der Waals surface area contributed by atoms with E-state index < -0.39 is 9.84 Å². The van der Waals surface area contributed by atoms with Crippen LogP contribution in [0.15, 0.2) is 33.5 Å². The van der Waals surface area contributed by atoms with Crippen LogP contribution in [0.1, 0.15) is 21.8 Å². The SMILES string of the molecule is CN=C(NCCc1csc(C)n1)NCc1ccc(S(C)(=O)=O)c(C)c1. The van der Waals surface area contributed by atoms with Crippen molar-refractivity contribution in [3.63, 3.8) is 0 Å². The Morgan fingerprint density at radius 3 is 2.60 bits per heavy atom. The topological polar surface area (TPSA) is 83.4 Å². The Hall–Kier alpha value is -1.93. The van der Waals surface area contributed by atoms with Crippen LogP contribution in [0.3, 0.4) is 0 Å². The minimum atomic E-state index is -3.18. The summed E-state index contributed by atoms with van der Waals surface area (Å²) < 4.78 is 23.3. The first-order valence-electron chi connectivity index (χ1n) is 7.94. The maximum atomic E-state index is 11.7. The lowest BCUT2D eigenvalue weighted by Gasteiger charge is -2.12. The molecule has 136 valence electrons. The van der Waals surface area contributed by atoms with Crippen LogP contribution < -0.4 is 10.6 Å². The molecule has 0 aliphatic rings. The number of nitrogens with one attached hydrogen (secondary N) is 2. The molecule has 2 rings (SSSR count). The maximum absolute atomic E-state index is 11.7. The largest absolute Gasteiger partial charge is 0.356 e. The minimum Gasteiger partial charge on any atom is -0.356 e. The molecule has 0 bridgehead atoms. The van der Waals surface area contributed by atoms with Gasteiger partial charge in [-0.3, -0.25) is 4.99 Å². The predicted octanol–water partition coefficient (Wildman–Crippen LogP) is 2.07. The van der Waals surface area contributed by atoms with Crippen LogP contribution in [-0.2, 0) is 22.8 Å². The standard InChI is InChI=1S/C17H24N4O2S2/c1-12-9-14(5-6-16(12)25(4,22)23)10-20-17(18-3)19-8-7-15-11-24-13(2)21-15/h5-6,9,11H,7-8,10H2,1-4H3,(H2,18,19,20). The normalized spacial score (nSPS) is 12.2. The average molecular weight is 381 g/mol. The van der Waals surface area contributed by atoms with E-state index in [0.717, 1.165) is 34.8 Å². The van der Waals surface area contributed by atoms with E-state index >= 15 is 0 Å². The number of thiazole rings is 1. The zero-order valence-electron chi connectivity index (χ0n) is 15.0. The smallest absolute Gasteiger partial charge is 0.191 e. The van der Waals surface area contributed by atoms with Crippen molar-refractivity contribution >= 4 is 27.1 Å². The Labute approximate surface area is 153 Å². The van der Waals surface area contributed by atoms with Crippen molar-refractivity contribution in [2.75, 3.05) is 19.8 Å². The number of aryl methyl sites for hydroxylation is 2. The molecule has 0 aliphatic carbocycles. The molecule has 2 aromatic rings. The lowest BCUT2D eigenvalue weighted by atomic mass is 10.1. The quantitative estimate of drug-likeness (QED) is 0.592. The molecule has 8 heteroatoms. The highest BCUT2D eigenvalue weighted by molar-refractivity contribution is 7.90. The summed E-state index contributed by atoms with van der Waals surface area (Å²) in [6.07, 6.45) is 2.07. The average Bonchev–Trinajstić information content (AvgIpc) is 2.95. The predicted molar refractivity (Wildman–Crippen MR) is 103 cm³/mol. The van der Waals surface area contributed by atoms with Gasteiger partial charge in [-0.2, -0.15) is 0 Å². The number of aliphatic imine (C=N–C) groups is 1. The number of hydrogen-bond acceptors (Lipinski definition) is 5. The molecule has 1 aromatic heterocycles. The molecule has 0 aliphatic heterocycles. The van der Waals surface area contributed by atoms with Gasteiger partial charge in [-0.15, -0.1) is 11.3 Å². The summed E-state index contributed by atoms with van der Waals surface area (Å²) >= 11 is 1.65. The van der Waals surface area contributed by atoms with Crippen LogP contribution >= 0.6 is 11.3 Å². The van der Waals surface area contributed by atoms with Gasteiger partial charge in [0.15, 0.2) is 15.8 Å². The molecule has 0 radical (unpaired) electrons. The molecule has 0 fully saturated rings. The highest BCUT2D eigenvalue weighted by atomic mass is 32.2. The van der Waals surface area contributed by atoms with Gasteiger partial charge in [-0.25, -0.2) is 13.4 Å². The molecule has 0 saturated carbocycles. The van der Waals surface area contributed by atoms with Gasteiger partial charge in [0.1, 0.15) is 0 Å². The van der Waals surface area contributed by atoms with Crippen molar-refractivity contribution in [2.24, 2.45) is 4.99 Å². The van der Waals surface area contributed by atoms with E-state index in [2.05, 4.69) is 26.0 Å². The van der Waals surface area contributed by atoms with Gasteiger partial charge in [0, 0.05) is 38.2 Å². The Balaban J connectivity index is 1.87. The maximum Gasteiger partial charge on any atom is 0.191 e. The zero-order valence-corrected chi connectivity index (χ0v) is 16.6. The molecule has 0 spiro atoms. The summed E-state index contributed by atoms with van der Waals surface area (Å²) in [6.45, 7) is 5.12. The number of hydrogen-bond donors (Lipinski definition) is 2. The van der Waals surface area contributed by atoms with Gasteiger partial charge in [-0.1, -0.05) is 12.1 Å². The Morgan fingerprint density at radius 1 is 1.28 bits per heavy atom. The molecule has 1 aromatic carbocycles. The highest BCUT2D eigenvalue weighted by Crippen LogP contribution is 2.16. The fraction of sp³-hybridized carbons (Fsp3) is 0.412. The van der Waals surface area contributed by atoms with Crippen molar-refractivity contribution in [3.8, 4) is 0 Å².